The van der Waals surface area contributed by atoms with Gasteiger partial charge in [0, 0.05) is 23.6 Å². The van der Waals surface area contributed by atoms with Gasteiger partial charge in [-0.15, -0.1) is 0 Å². The van der Waals surface area contributed by atoms with Crippen LogP contribution in [0.5, 0.6) is 0 Å². The molecule has 0 amide bonds. The number of aryl methyl sites for hydroxylation is 2. The Kier molecular flexibility index (Phi) is 3.89. The van der Waals surface area contributed by atoms with Crippen LogP contribution in [-0.4, -0.2) is 0 Å². The van der Waals surface area contributed by atoms with Gasteiger partial charge in [0.1, 0.15) is 0 Å². The molecule has 3 heteroatoms. The molecular formula is C10H13Cl2N. The lowest BCUT2D eigenvalue weighted by molar-refractivity contribution is 1.08. The maximum absolute atomic E-state index is 5.77. The summed E-state index contributed by atoms with van der Waals surface area (Å²) in [5.41, 5.74) is 3.31. The second-order valence-electron chi connectivity index (χ2n) is 2.86. The predicted octanol–water partition coefficient (Wildman–Crippen LogP) is 3.93. The number of para-hydroxylation sites is 1. The topological polar surface area (TPSA) is 3.24 Å². The molecule has 0 aliphatic rings. The van der Waals surface area contributed by atoms with Crippen molar-refractivity contribution in [3.05, 3.63) is 29.3 Å². The molecule has 0 heterocycles. The molecule has 0 fully saturated rings. The highest BCUT2D eigenvalue weighted by atomic mass is 35.5. The zero-order valence-electron chi connectivity index (χ0n) is 7.85. The largest absolute Gasteiger partial charge is 0.193 e. The molecule has 0 radical (unpaired) electrons. The summed E-state index contributed by atoms with van der Waals surface area (Å²) in [6, 6.07) is 6.14. The Labute approximate surface area is 89.5 Å². The normalized spacial score (nSPS) is 10.2. The first-order chi connectivity index (χ1) is 6.20. The lowest BCUT2D eigenvalue weighted by Crippen LogP contribution is -2.01. The molecule has 1 rings (SSSR count). The zero-order valence-corrected chi connectivity index (χ0v) is 9.36. The molecule has 0 aliphatic carbocycles. The lowest BCUT2D eigenvalue weighted by Gasteiger charge is -2.15. The molecule has 0 unspecified atom stereocenters. The second-order valence-corrected chi connectivity index (χ2v) is 3.71. The Balaban J connectivity index is 3.21. The Hall–Kier alpha value is -0.400. The smallest absolute Gasteiger partial charge is 0.0773 e. The number of anilines is 1. The summed E-state index contributed by atoms with van der Waals surface area (Å²) in [4.78, 5) is 0. The molecule has 0 atom stereocenters. The molecule has 0 bridgehead atoms. The molecule has 1 aromatic carbocycles. The van der Waals surface area contributed by atoms with Crippen molar-refractivity contribution in [1.29, 1.82) is 0 Å². The van der Waals surface area contributed by atoms with Gasteiger partial charge in [-0.3, -0.25) is 0 Å². The zero-order chi connectivity index (χ0) is 9.84. The van der Waals surface area contributed by atoms with Crippen LogP contribution in [0.1, 0.15) is 25.0 Å². The van der Waals surface area contributed by atoms with Crippen molar-refractivity contribution in [2.75, 3.05) is 3.94 Å². The summed E-state index contributed by atoms with van der Waals surface area (Å²) in [5.74, 6) is 0. The Morgan fingerprint density at radius 1 is 1.08 bits per heavy atom. The standard InChI is InChI=1S/C10H13Cl2N/c1-3-8-6-5-7-9(4-2)10(8)13(11)12/h5-7H,3-4H2,1-2H3. The summed E-state index contributed by atoms with van der Waals surface area (Å²) < 4.78 is 1.16. The summed E-state index contributed by atoms with van der Waals surface area (Å²) in [6.07, 6.45) is 1.89. The lowest BCUT2D eigenvalue weighted by atomic mass is 10.0. The van der Waals surface area contributed by atoms with Gasteiger partial charge in [0.2, 0.25) is 0 Å². The first-order valence-corrected chi connectivity index (χ1v) is 5.10. The van der Waals surface area contributed by atoms with Gasteiger partial charge in [-0.05, 0) is 24.0 Å². The molecule has 0 aliphatic heterocycles. The minimum absolute atomic E-state index is 0.941. The van der Waals surface area contributed by atoms with E-state index in [4.69, 9.17) is 23.6 Å². The van der Waals surface area contributed by atoms with Gasteiger partial charge in [0.25, 0.3) is 0 Å². The maximum Gasteiger partial charge on any atom is 0.0773 e. The quantitative estimate of drug-likeness (QED) is 0.695. The van der Waals surface area contributed by atoms with Crippen LogP contribution in [0.4, 0.5) is 5.69 Å². The van der Waals surface area contributed by atoms with Crippen LogP contribution < -0.4 is 3.94 Å². The highest BCUT2D eigenvalue weighted by Crippen LogP contribution is 2.29. The van der Waals surface area contributed by atoms with E-state index in [1.165, 1.54) is 11.1 Å². The van der Waals surface area contributed by atoms with Crippen LogP contribution in [0.15, 0.2) is 18.2 Å². The maximum atomic E-state index is 5.77. The van der Waals surface area contributed by atoms with Crippen molar-refractivity contribution in [2.45, 2.75) is 26.7 Å². The van der Waals surface area contributed by atoms with Gasteiger partial charge in [-0.25, -0.2) is 0 Å². The SMILES string of the molecule is CCc1cccc(CC)c1N(Cl)Cl. The van der Waals surface area contributed by atoms with Gasteiger partial charge in [0.05, 0.1) is 5.69 Å². The fourth-order valence-electron chi connectivity index (χ4n) is 1.43. The molecule has 1 aromatic rings. The fraction of sp³-hybridized carbons (Fsp3) is 0.400. The van der Waals surface area contributed by atoms with Gasteiger partial charge >= 0.3 is 0 Å². The van der Waals surface area contributed by atoms with E-state index in [0.29, 0.717) is 0 Å². The Morgan fingerprint density at radius 2 is 1.54 bits per heavy atom. The highest BCUT2D eigenvalue weighted by Gasteiger charge is 2.10. The molecule has 0 saturated carbocycles. The molecule has 13 heavy (non-hydrogen) atoms. The van der Waals surface area contributed by atoms with Crippen molar-refractivity contribution in [3.63, 3.8) is 0 Å². The van der Waals surface area contributed by atoms with Gasteiger partial charge < -0.3 is 0 Å². The summed E-state index contributed by atoms with van der Waals surface area (Å²) >= 11 is 11.5. The minimum atomic E-state index is 0.941. The van der Waals surface area contributed by atoms with Crippen molar-refractivity contribution in [1.82, 2.24) is 0 Å². The number of hydrogen-bond donors (Lipinski definition) is 0. The third-order valence-corrected chi connectivity index (χ3v) is 2.47. The van der Waals surface area contributed by atoms with Crippen molar-refractivity contribution < 1.29 is 0 Å². The van der Waals surface area contributed by atoms with Crippen LogP contribution in [0, 0.1) is 0 Å². The molecule has 0 aromatic heterocycles. The van der Waals surface area contributed by atoms with E-state index in [2.05, 4.69) is 13.8 Å². The Bertz CT molecular complexity index is 262. The molecule has 0 spiro atoms. The van der Waals surface area contributed by atoms with E-state index in [0.717, 1.165) is 22.5 Å². The van der Waals surface area contributed by atoms with E-state index in [1.54, 1.807) is 0 Å². The van der Waals surface area contributed by atoms with Crippen LogP contribution in [0.2, 0.25) is 0 Å². The van der Waals surface area contributed by atoms with Gasteiger partial charge in [-0.2, -0.15) is 3.94 Å². The highest BCUT2D eigenvalue weighted by molar-refractivity contribution is 6.49. The summed E-state index contributed by atoms with van der Waals surface area (Å²) in [6.45, 7) is 4.19. The average molecular weight is 218 g/mol. The molecule has 0 N–H and O–H groups in total. The number of halogens is 2. The van der Waals surface area contributed by atoms with Crippen LogP contribution in [0.25, 0.3) is 0 Å². The number of hydrogen-bond acceptors (Lipinski definition) is 1. The number of nitrogens with zero attached hydrogens (tertiary/aromatic N) is 1. The average Bonchev–Trinajstić information content (AvgIpc) is 2.16. The van der Waals surface area contributed by atoms with E-state index in [-0.39, 0.29) is 0 Å². The van der Waals surface area contributed by atoms with Crippen LogP contribution >= 0.6 is 23.6 Å². The number of rotatable bonds is 3. The first kappa shape index (κ1) is 10.7. The van der Waals surface area contributed by atoms with Crippen molar-refractivity contribution in [2.24, 2.45) is 0 Å². The summed E-state index contributed by atoms with van der Waals surface area (Å²) in [5, 5.41) is 0. The van der Waals surface area contributed by atoms with Gasteiger partial charge in [0.15, 0.2) is 0 Å². The van der Waals surface area contributed by atoms with E-state index >= 15 is 0 Å². The predicted molar refractivity (Wildman–Crippen MR) is 59.4 cm³/mol. The van der Waals surface area contributed by atoms with E-state index < -0.39 is 0 Å². The molecule has 1 nitrogen and oxygen atoms in total. The minimum Gasteiger partial charge on any atom is -0.193 e. The monoisotopic (exact) mass is 217 g/mol. The number of benzene rings is 1. The van der Waals surface area contributed by atoms with E-state index in [1.807, 2.05) is 18.2 Å². The molecular weight excluding hydrogens is 205 g/mol. The Morgan fingerprint density at radius 3 is 1.85 bits per heavy atom. The molecule has 72 valence electrons. The third kappa shape index (κ3) is 2.29. The third-order valence-electron chi connectivity index (χ3n) is 2.13. The van der Waals surface area contributed by atoms with E-state index in [9.17, 15) is 0 Å². The van der Waals surface area contributed by atoms with Crippen molar-refractivity contribution in [3.8, 4) is 0 Å². The van der Waals surface area contributed by atoms with Gasteiger partial charge in [-0.1, -0.05) is 32.0 Å². The molecule has 0 saturated heterocycles. The summed E-state index contributed by atoms with van der Waals surface area (Å²) in [7, 11) is 0. The van der Waals surface area contributed by atoms with Crippen molar-refractivity contribution >= 4 is 29.2 Å². The second kappa shape index (κ2) is 4.73. The van der Waals surface area contributed by atoms with Crippen LogP contribution in [0.3, 0.4) is 0 Å². The fourth-order valence-corrected chi connectivity index (χ4v) is 1.87. The first-order valence-electron chi connectivity index (χ1n) is 4.43. The van der Waals surface area contributed by atoms with Crippen LogP contribution in [-0.2, 0) is 12.8 Å².